The monoisotopic (exact) mass is 433 g/mol. The SMILES string of the molecule is Cl.NCCNC(=O)C1CCCN(C(=O)CSCC(=O)c2ccc(Cl)cc2)C1. The topological polar surface area (TPSA) is 92.5 Å². The van der Waals surface area contributed by atoms with Gasteiger partial charge in [0.2, 0.25) is 11.8 Å². The quantitative estimate of drug-likeness (QED) is 0.611. The minimum atomic E-state index is -0.181. The van der Waals surface area contributed by atoms with Crippen molar-refractivity contribution in [3.63, 3.8) is 0 Å². The summed E-state index contributed by atoms with van der Waals surface area (Å²) < 4.78 is 0. The molecule has 1 aliphatic heterocycles. The maximum atomic E-state index is 12.4. The van der Waals surface area contributed by atoms with Crippen LogP contribution >= 0.6 is 35.8 Å². The zero-order valence-corrected chi connectivity index (χ0v) is 17.4. The highest BCUT2D eigenvalue weighted by Crippen LogP contribution is 2.18. The molecule has 2 amide bonds. The van der Waals surface area contributed by atoms with Gasteiger partial charge in [-0.2, -0.15) is 0 Å². The van der Waals surface area contributed by atoms with Gasteiger partial charge in [0.05, 0.1) is 17.4 Å². The molecule has 1 unspecified atom stereocenters. The number of nitrogens with one attached hydrogen (secondary N) is 1. The fourth-order valence-corrected chi connectivity index (χ4v) is 3.74. The van der Waals surface area contributed by atoms with E-state index < -0.39 is 0 Å². The van der Waals surface area contributed by atoms with Crippen LogP contribution in [0.25, 0.3) is 0 Å². The smallest absolute Gasteiger partial charge is 0.232 e. The van der Waals surface area contributed by atoms with Crippen LogP contribution in [0.4, 0.5) is 0 Å². The summed E-state index contributed by atoms with van der Waals surface area (Å²) in [4.78, 5) is 38.2. The van der Waals surface area contributed by atoms with Crippen molar-refractivity contribution in [2.45, 2.75) is 12.8 Å². The van der Waals surface area contributed by atoms with Gasteiger partial charge in [-0.1, -0.05) is 11.6 Å². The number of nitrogens with zero attached hydrogens (tertiary/aromatic N) is 1. The maximum absolute atomic E-state index is 12.4. The molecule has 0 saturated carbocycles. The van der Waals surface area contributed by atoms with E-state index in [1.165, 1.54) is 11.8 Å². The molecular weight excluding hydrogens is 409 g/mol. The lowest BCUT2D eigenvalue weighted by atomic mass is 9.97. The van der Waals surface area contributed by atoms with E-state index in [1.807, 2.05) is 0 Å². The van der Waals surface area contributed by atoms with E-state index in [9.17, 15) is 14.4 Å². The normalized spacial score (nSPS) is 16.4. The van der Waals surface area contributed by atoms with Gasteiger partial charge in [-0.15, -0.1) is 24.2 Å². The molecule has 0 aromatic heterocycles. The van der Waals surface area contributed by atoms with Crippen LogP contribution < -0.4 is 11.1 Å². The van der Waals surface area contributed by atoms with E-state index in [0.717, 1.165) is 12.8 Å². The molecule has 1 atom stereocenters. The second-order valence-corrected chi connectivity index (χ2v) is 7.60. The van der Waals surface area contributed by atoms with E-state index in [0.29, 0.717) is 36.8 Å². The number of piperidine rings is 1. The number of thioether (sulfide) groups is 1. The Labute approximate surface area is 175 Å². The summed E-state index contributed by atoms with van der Waals surface area (Å²) in [6.45, 7) is 1.94. The van der Waals surface area contributed by atoms with Crippen LogP contribution in [-0.2, 0) is 9.59 Å². The molecule has 27 heavy (non-hydrogen) atoms. The standard InChI is InChI=1S/C18H24ClN3O3S.ClH/c19-15-5-3-13(4-6-15)16(23)11-26-12-17(24)22-9-1-2-14(10-22)18(25)21-8-7-20;/h3-6,14H,1-2,7-12,20H2,(H,21,25);1H. The highest BCUT2D eigenvalue weighted by molar-refractivity contribution is 8.00. The first-order valence-corrected chi connectivity index (χ1v) is 10.2. The molecule has 1 aromatic carbocycles. The van der Waals surface area contributed by atoms with Crippen LogP contribution in [0, 0.1) is 5.92 Å². The van der Waals surface area contributed by atoms with E-state index in [2.05, 4.69) is 5.32 Å². The molecule has 2 rings (SSSR count). The first-order valence-electron chi connectivity index (χ1n) is 8.63. The fraction of sp³-hybridized carbons (Fsp3) is 0.500. The van der Waals surface area contributed by atoms with Gasteiger partial charge < -0.3 is 16.0 Å². The Hall–Kier alpha value is -1.28. The summed E-state index contributed by atoms with van der Waals surface area (Å²) in [5.74, 6) is 0.184. The van der Waals surface area contributed by atoms with E-state index in [-0.39, 0.29) is 47.4 Å². The average Bonchev–Trinajstić information content (AvgIpc) is 2.66. The highest BCUT2D eigenvalue weighted by atomic mass is 35.5. The van der Waals surface area contributed by atoms with Crippen LogP contribution in [0.15, 0.2) is 24.3 Å². The third-order valence-corrected chi connectivity index (χ3v) is 5.38. The number of rotatable bonds is 8. The van der Waals surface area contributed by atoms with Gasteiger partial charge >= 0.3 is 0 Å². The van der Waals surface area contributed by atoms with E-state index in [4.69, 9.17) is 17.3 Å². The number of halogens is 2. The molecule has 1 fully saturated rings. The van der Waals surface area contributed by atoms with Gasteiger partial charge in [0.15, 0.2) is 5.78 Å². The maximum Gasteiger partial charge on any atom is 0.232 e. The summed E-state index contributed by atoms with van der Waals surface area (Å²) >= 11 is 7.10. The van der Waals surface area contributed by atoms with Crippen molar-refractivity contribution < 1.29 is 14.4 Å². The zero-order chi connectivity index (χ0) is 18.9. The number of ketones is 1. The minimum Gasteiger partial charge on any atom is -0.355 e. The van der Waals surface area contributed by atoms with Gasteiger partial charge in [0.1, 0.15) is 0 Å². The van der Waals surface area contributed by atoms with Crippen LogP contribution in [0.5, 0.6) is 0 Å². The van der Waals surface area contributed by atoms with Gasteiger partial charge in [0, 0.05) is 36.8 Å². The molecule has 0 bridgehead atoms. The number of Topliss-reactive ketones (excluding diaryl/α,β-unsaturated/α-hetero) is 1. The summed E-state index contributed by atoms with van der Waals surface area (Å²) in [6, 6.07) is 6.72. The second-order valence-electron chi connectivity index (χ2n) is 6.18. The van der Waals surface area contributed by atoms with Crippen molar-refractivity contribution in [2.24, 2.45) is 11.7 Å². The minimum absolute atomic E-state index is 0. The third-order valence-electron chi connectivity index (χ3n) is 4.21. The molecule has 0 radical (unpaired) electrons. The predicted octanol–water partition coefficient (Wildman–Crippen LogP) is 1.99. The van der Waals surface area contributed by atoms with Crippen LogP contribution in [0.1, 0.15) is 23.2 Å². The Kier molecular flexibility index (Phi) is 10.8. The number of amides is 2. The van der Waals surface area contributed by atoms with Crippen molar-refractivity contribution in [3.05, 3.63) is 34.9 Å². The number of likely N-dealkylation sites (tertiary alicyclic amines) is 1. The molecule has 9 heteroatoms. The number of carbonyl (C=O) groups excluding carboxylic acids is 3. The first-order chi connectivity index (χ1) is 12.5. The Balaban J connectivity index is 0.00000364. The average molecular weight is 434 g/mol. The van der Waals surface area contributed by atoms with Gasteiger partial charge in [-0.05, 0) is 37.1 Å². The van der Waals surface area contributed by atoms with Gasteiger partial charge in [-0.3, -0.25) is 14.4 Å². The zero-order valence-electron chi connectivity index (χ0n) is 15.0. The fourth-order valence-electron chi connectivity index (χ4n) is 2.80. The first kappa shape index (κ1) is 23.8. The molecule has 1 aliphatic rings. The molecule has 0 spiro atoms. The Morgan fingerprint density at radius 2 is 1.93 bits per heavy atom. The van der Waals surface area contributed by atoms with Crippen molar-refractivity contribution in [3.8, 4) is 0 Å². The molecular formula is C18H25Cl2N3O3S. The van der Waals surface area contributed by atoms with E-state index in [1.54, 1.807) is 29.2 Å². The molecule has 3 N–H and O–H groups in total. The summed E-state index contributed by atoms with van der Waals surface area (Å²) in [7, 11) is 0. The van der Waals surface area contributed by atoms with Crippen molar-refractivity contribution in [2.75, 3.05) is 37.7 Å². The number of nitrogens with two attached hydrogens (primary N) is 1. The summed E-state index contributed by atoms with van der Waals surface area (Å²) in [5.41, 5.74) is 5.98. The predicted molar refractivity (Wildman–Crippen MR) is 112 cm³/mol. The second kappa shape index (κ2) is 12.2. The molecule has 1 heterocycles. The number of hydrogen-bond acceptors (Lipinski definition) is 5. The Bertz CT molecular complexity index is 643. The van der Waals surface area contributed by atoms with Crippen LogP contribution in [0.3, 0.4) is 0 Å². The highest BCUT2D eigenvalue weighted by Gasteiger charge is 2.28. The van der Waals surface area contributed by atoms with Gasteiger partial charge in [-0.25, -0.2) is 0 Å². The largest absolute Gasteiger partial charge is 0.355 e. The Morgan fingerprint density at radius 1 is 1.22 bits per heavy atom. The third kappa shape index (κ3) is 7.70. The summed E-state index contributed by atoms with van der Waals surface area (Å²) in [6.07, 6.45) is 1.59. The van der Waals surface area contributed by atoms with Gasteiger partial charge in [0.25, 0.3) is 0 Å². The lowest BCUT2D eigenvalue weighted by Crippen LogP contribution is -2.46. The van der Waals surface area contributed by atoms with Crippen molar-refractivity contribution in [1.29, 1.82) is 0 Å². The lowest BCUT2D eigenvalue weighted by Gasteiger charge is -2.32. The molecule has 0 aliphatic carbocycles. The lowest BCUT2D eigenvalue weighted by molar-refractivity contribution is -0.133. The Morgan fingerprint density at radius 3 is 2.59 bits per heavy atom. The molecule has 1 saturated heterocycles. The van der Waals surface area contributed by atoms with Crippen molar-refractivity contribution >= 4 is 53.4 Å². The van der Waals surface area contributed by atoms with Crippen LogP contribution in [0.2, 0.25) is 5.02 Å². The molecule has 1 aromatic rings. The molecule has 150 valence electrons. The molecule has 6 nitrogen and oxygen atoms in total. The number of hydrogen-bond donors (Lipinski definition) is 2. The summed E-state index contributed by atoms with van der Waals surface area (Å²) in [5, 5.41) is 3.36. The number of benzene rings is 1. The van der Waals surface area contributed by atoms with Crippen molar-refractivity contribution in [1.82, 2.24) is 10.2 Å². The van der Waals surface area contributed by atoms with Crippen LogP contribution in [-0.4, -0.2) is 60.2 Å². The number of carbonyl (C=O) groups is 3. The van der Waals surface area contributed by atoms with E-state index >= 15 is 0 Å².